The molecule has 4 rings (SSSR count). The van der Waals surface area contributed by atoms with Crippen molar-refractivity contribution in [2.45, 2.75) is 64.1 Å². The molecule has 0 heterocycles. The number of benzene rings is 4. The number of carbonyl (C=O) groups is 2. The zero-order valence-electron chi connectivity index (χ0n) is 28.3. The second-order valence-corrected chi connectivity index (χ2v) is 13.5. The molecule has 0 aromatic heterocycles. The molecule has 0 bridgehead atoms. The van der Waals surface area contributed by atoms with E-state index in [0.717, 1.165) is 21.0 Å². The first-order valence-corrected chi connectivity index (χ1v) is 17.6. The lowest BCUT2D eigenvalue weighted by atomic mass is 10.0. The summed E-state index contributed by atoms with van der Waals surface area (Å²) >= 11 is 0. The van der Waals surface area contributed by atoms with Gasteiger partial charge in [0, 0.05) is 19.0 Å². The second kappa shape index (κ2) is 16.8. The number of hydrogen-bond acceptors (Lipinski definition) is 6. The molecule has 0 aliphatic rings. The molecule has 0 fully saturated rings. The molecular weight excluding hydrogens is 627 g/mol. The van der Waals surface area contributed by atoms with E-state index in [2.05, 4.69) is 5.32 Å². The van der Waals surface area contributed by atoms with Crippen LogP contribution in [-0.4, -0.2) is 57.5 Å². The minimum atomic E-state index is -4.27. The third-order valence-electron chi connectivity index (χ3n) is 8.08. The molecule has 1 N–H and O–H groups in total. The number of carbonyl (C=O) groups excluding carboxylic acids is 2. The van der Waals surface area contributed by atoms with Gasteiger partial charge in [-0.05, 0) is 74.7 Å². The number of methoxy groups -OCH3 is 1. The zero-order valence-corrected chi connectivity index (χ0v) is 29.1. The van der Waals surface area contributed by atoms with Gasteiger partial charge in [-0.15, -0.1) is 0 Å². The van der Waals surface area contributed by atoms with Gasteiger partial charge in [0.25, 0.3) is 10.0 Å². The van der Waals surface area contributed by atoms with Crippen molar-refractivity contribution in [2.24, 2.45) is 0 Å². The largest absolute Gasteiger partial charge is 0.497 e. The molecule has 0 spiro atoms. The fourth-order valence-corrected chi connectivity index (χ4v) is 6.68. The van der Waals surface area contributed by atoms with Crippen LogP contribution >= 0.6 is 0 Å². The van der Waals surface area contributed by atoms with E-state index in [1.807, 2.05) is 63.2 Å². The molecule has 0 radical (unpaired) electrons. The number of hydrogen-bond donors (Lipinski definition) is 1. The van der Waals surface area contributed by atoms with Gasteiger partial charge in [0.2, 0.25) is 11.8 Å². The number of aryl methyl sites for hydroxylation is 1. The lowest BCUT2D eigenvalue weighted by Gasteiger charge is -2.34. The highest BCUT2D eigenvalue weighted by molar-refractivity contribution is 7.92. The quantitative estimate of drug-likeness (QED) is 0.153. The Morgan fingerprint density at radius 2 is 1.52 bits per heavy atom. The van der Waals surface area contributed by atoms with Crippen LogP contribution in [0.5, 0.6) is 11.5 Å². The van der Waals surface area contributed by atoms with Crippen molar-refractivity contribution in [1.82, 2.24) is 10.2 Å². The Balaban J connectivity index is 1.85. The lowest BCUT2D eigenvalue weighted by Crippen LogP contribution is -2.54. The maximum Gasteiger partial charge on any atom is 0.264 e. The number of anilines is 1. The molecule has 9 nitrogen and oxygen atoms in total. The Kier molecular flexibility index (Phi) is 12.6. The predicted octanol–water partition coefficient (Wildman–Crippen LogP) is 6.15. The highest BCUT2D eigenvalue weighted by atomic mass is 32.2. The summed E-state index contributed by atoms with van der Waals surface area (Å²) in [5.41, 5.74) is 2.70. The van der Waals surface area contributed by atoms with Crippen molar-refractivity contribution in [2.75, 3.05) is 24.6 Å². The molecule has 0 unspecified atom stereocenters. The minimum absolute atomic E-state index is 0.0295. The molecule has 2 amide bonds. The third kappa shape index (κ3) is 9.16. The van der Waals surface area contributed by atoms with Gasteiger partial charge >= 0.3 is 0 Å². The van der Waals surface area contributed by atoms with Crippen molar-refractivity contribution < 1.29 is 27.5 Å². The molecule has 4 aromatic rings. The average Bonchev–Trinajstić information content (AvgIpc) is 3.09. The SMILES string of the molecule is CCOc1ccccc1N(CC(=O)N(Cc1cccc(OC)c1)[C@H](Cc1ccccc1)C(=O)N[C@H](C)CC)S(=O)(=O)c1ccc(C)cc1. The highest BCUT2D eigenvalue weighted by Gasteiger charge is 2.36. The van der Waals surface area contributed by atoms with E-state index >= 15 is 0 Å². The topological polar surface area (TPSA) is 105 Å². The number of sulfonamides is 1. The first-order chi connectivity index (χ1) is 23.1. The van der Waals surface area contributed by atoms with Gasteiger partial charge in [-0.25, -0.2) is 8.42 Å². The fourth-order valence-electron chi connectivity index (χ4n) is 5.25. The Bertz CT molecular complexity index is 1760. The van der Waals surface area contributed by atoms with Crippen molar-refractivity contribution in [3.63, 3.8) is 0 Å². The summed E-state index contributed by atoms with van der Waals surface area (Å²) in [6.45, 7) is 7.31. The molecule has 0 saturated carbocycles. The Hall–Kier alpha value is -4.83. The highest BCUT2D eigenvalue weighted by Crippen LogP contribution is 2.33. The Morgan fingerprint density at radius 1 is 0.854 bits per heavy atom. The van der Waals surface area contributed by atoms with Crippen LogP contribution in [0, 0.1) is 6.92 Å². The summed E-state index contributed by atoms with van der Waals surface area (Å²) in [4.78, 5) is 30.3. The maximum atomic E-state index is 14.7. The van der Waals surface area contributed by atoms with Crippen LogP contribution in [0.15, 0.2) is 108 Å². The van der Waals surface area contributed by atoms with Crippen LogP contribution in [0.25, 0.3) is 0 Å². The van der Waals surface area contributed by atoms with E-state index in [-0.39, 0.29) is 35.5 Å². The number of para-hydroxylation sites is 2. The minimum Gasteiger partial charge on any atom is -0.497 e. The summed E-state index contributed by atoms with van der Waals surface area (Å²) in [6.07, 6.45) is 0.920. The van der Waals surface area contributed by atoms with Crippen LogP contribution in [0.1, 0.15) is 43.9 Å². The molecule has 4 aromatic carbocycles. The van der Waals surface area contributed by atoms with Gasteiger partial charge in [0.05, 0.1) is 24.3 Å². The molecular formula is C38H45N3O6S. The first kappa shape index (κ1) is 36.0. The van der Waals surface area contributed by atoms with Crippen LogP contribution < -0.4 is 19.1 Å². The summed E-state index contributed by atoms with van der Waals surface area (Å²) in [5.74, 6) is 0.0307. The molecule has 0 saturated heterocycles. The van der Waals surface area contributed by atoms with Crippen LogP contribution in [0.2, 0.25) is 0 Å². The van der Waals surface area contributed by atoms with Crippen molar-refractivity contribution in [1.29, 1.82) is 0 Å². The molecule has 10 heteroatoms. The smallest absolute Gasteiger partial charge is 0.264 e. The molecule has 0 aliphatic heterocycles. The van der Waals surface area contributed by atoms with Gasteiger partial charge in [-0.3, -0.25) is 13.9 Å². The van der Waals surface area contributed by atoms with E-state index in [9.17, 15) is 18.0 Å². The summed E-state index contributed by atoms with van der Waals surface area (Å²) in [6, 6.07) is 28.9. The Morgan fingerprint density at radius 3 is 2.19 bits per heavy atom. The van der Waals surface area contributed by atoms with E-state index in [0.29, 0.717) is 24.5 Å². The number of rotatable bonds is 16. The standard InChI is InChI=1S/C38H45N3O6S/c1-6-29(4)39-38(43)35(25-30-14-9-8-10-15-30)40(26-31-16-13-17-32(24-31)46-5)37(42)27-41(34-18-11-12-19-36(34)47-7-2)48(44,45)33-22-20-28(3)21-23-33/h8-24,29,35H,6-7,25-27H2,1-5H3,(H,39,43)/t29-,35-/m1/s1. The van der Waals surface area contributed by atoms with Crippen LogP contribution in [0.4, 0.5) is 5.69 Å². The van der Waals surface area contributed by atoms with E-state index < -0.39 is 28.5 Å². The maximum absolute atomic E-state index is 14.7. The van der Waals surface area contributed by atoms with Crippen LogP contribution in [-0.2, 0) is 32.6 Å². The predicted molar refractivity (Wildman–Crippen MR) is 189 cm³/mol. The fraction of sp³-hybridized carbons (Fsp3) is 0.316. The number of ether oxygens (including phenoxy) is 2. The number of amides is 2. The summed E-state index contributed by atoms with van der Waals surface area (Å²) in [7, 11) is -2.71. The van der Waals surface area contributed by atoms with Gasteiger partial charge in [-0.1, -0.05) is 79.2 Å². The van der Waals surface area contributed by atoms with Gasteiger partial charge < -0.3 is 19.7 Å². The molecule has 0 aliphatic carbocycles. The molecule has 254 valence electrons. The van der Waals surface area contributed by atoms with Crippen molar-refractivity contribution in [3.8, 4) is 11.5 Å². The van der Waals surface area contributed by atoms with Crippen molar-refractivity contribution in [3.05, 3.63) is 120 Å². The number of nitrogens with one attached hydrogen (secondary N) is 1. The first-order valence-electron chi connectivity index (χ1n) is 16.1. The summed E-state index contributed by atoms with van der Waals surface area (Å²) in [5, 5.41) is 3.06. The monoisotopic (exact) mass is 671 g/mol. The third-order valence-corrected chi connectivity index (χ3v) is 9.85. The van der Waals surface area contributed by atoms with E-state index in [4.69, 9.17) is 9.47 Å². The Labute approximate surface area is 284 Å². The number of nitrogens with zero attached hydrogens (tertiary/aromatic N) is 2. The second-order valence-electron chi connectivity index (χ2n) is 11.6. The lowest BCUT2D eigenvalue weighted by molar-refractivity contribution is -0.140. The average molecular weight is 672 g/mol. The van der Waals surface area contributed by atoms with Gasteiger partial charge in [0.1, 0.15) is 24.1 Å². The molecule has 2 atom stereocenters. The van der Waals surface area contributed by atoms with Gasteiger partial charge in [0.15, 0.2) is 0 Å². The van der Waals surface area contributed by atoms with E-state index in [1.165, 1.54) is 17.0 Å². The van der Waals surface area contributed by atoms with Crippen LogP contribution in [0.3, 0.4) is 0 Å². The van der Waals surface area contributed by atoms with Crippen molar-refractivity contribution >= 4 is 27.5 Å². The normalized spacial score (nSPS) is 12.4. The van der Waals surface area contributed by atoms with Gasteiger partial charge in [-0.2, -0.15) is 0 Å². The zero-order chi connectivity index (χ0) is 34.7. The molecule has 48 heavy (non-hydrogen) atoms. The summed E-state index contributed by atoms with van der Waals surface area (Å²) < 4.78 is 41.1. The van der Waals surface area contributed by atoms with E-state index in [1.54, 1.807) is 62.6 Å².